The maximum absolute atomic E-state index is 12.3. The van der Waals surface area contributed by atoms with Crippen LogP contribution in [0.3, 0.4) is 0 Å². The fraction of sp³-hybridized carbons (Fsp3) is 0.562. The third-order valence-electron chi connectivity index (χ3n) is 4.01. The van der Waals surface area contributed by atoms with Crippen LogP contribution in [-0.4, -0.2) is 37.4 Å². The van der Waals surface area contributed by atoms with Crippen molar-refractivity contribution < 1.29 is 19.4 Å². The third-order valence-corrected chi connectivity index (χ3v) is 4.01. The second-order valence-electron chi connectivity index (χ2n) is 5.51. The first kappa shape index (κ1) is 15.6. The van der Waals surface area contributed by atoms with Crippen LogP contribution in [0, 0.1) is 0 Å². The number of amides is 1. The molecule has 1 saturated carbocycles. The second-order valence-corrected chi connectivity index (χ2v) is 5.51. The molecule has 2 N–H and O–H groups in total. The van der Waals surface area contributed by atoms with Crippen molar-refractivity contribution in [2.75, 3.05) is 20.8 Å². The van der Waals surface area contributed by atoms with Gasteiger partial charge in [-0.3, -0.25) is 4.79 Å². The second kappa shape index (κ2) is 6.80. The van der Waals surface area contributed by atoms with Crippen molar-refractivity contribution >= 4 is 5.91 Å². The Balaban J connectivity index is 2.06. The number of methoxy groups -OCH3 is 2. The van der Waals surface area contributed by atoms with Crippen molar-refractivity contribution in [2.24, 2.45) is 0 Å². The number of aliphatic hydroxyl groups is 1. The van der Waals surface area contributed by atoms with Crippen molar-refractivity contribution in [2.45, 2.75) is 37.7 Å². The number of nitrogens with one attached hydrogen (secondary N) is 1. The number of hydrogen-bond donors (Lipinski definition) is 2. The largest absolute Gasteiger partial charge is 0.493 e. The van der Waals surface area contributed by atoms with E-state index < -0.39 is 5.60 Å². The van der Waals surface area contributed by atoms with Crippen LogP contribution in [0.15, 0.2) is 18.2 Å². The summed E-state index contributed by atoms with van der Waals surface area (Å²) in [7, 11) is 3.04. The topological polar surface area (TPSA) is 67.8 Å². The van der Waals surface area contributed by atoms with Crippen molar-refractivity contribution in [3.8, 4) is 11.5 Å². The zero-order chi connectivity index (χ0) is 15.3. The first-order valence-corrected chi connectivity index (χ1v) is 7.31. The molecule has 5 nitrogen and oxygen atoms in total. The van der Waals surface area contributed by atoms with Gasteiger partial charge in [0.25, 0.3) is 5.91 Å². The lowest BCUT2D eigenvalue weighted by atomic mass is 9.85. The van der Waals surface area contributed by atoms with Crippen LogP contribution < -0.4 is 14.8 Å². The molecule has 5 heteroatoms. The van der Waals surface area contributed by atoms with E-state index >= 15 is 0 Å². The van der Waals surface area contributed by atoms with Gasteiger partial charge in [-0.1, -0.05) is 25.3 Å². The third kappa shape index (κ3) is 3.67. The Kier molecular flexibility index (Phi) is 5.07. The summed E-state index contributed by atoms with van der Waals surface area (Å²) in [6.45, 7) is 0.270. The monoisotopic (exact) mass is 293 g/mol. The van der Waals surface area contributed by atoms with Crippen LogP contribution in [0.25, 0.3) is 0 Å². The molecule has 0 spiro atoms. The maximum Gasteiger partial charge on any atom is 0.255 e. The Morgan fingerprint density at radius 1 is 1.24 bits per heavy atom. The Labute approximate surface area is 125 Å². The number of ether oxygens (including phenoxy) is 2. The predicted octanol–water partition coefficient (Wildman–Crippen LogP) is 2.13. The Morgan fingerprint density at radius 3 is 2.57 bits per heavy atom. The molecule has 1 aliphatic carbocycles. The van der Waals surface area contributed by atoms with Gasteiger partial charge in [0.05, 0.1) is 25.4 Å². The molecular formula is C16H23NO4. The molecule has 0 heterocycles. The molecule has 2 rings (SSSR count). The lowest BCUT2D eigenvalue weighted by Gasteiger charge is -2.32. The summed E-state index contributed by atoms with van der Waals surface area (Å²) < 4.78 is 10.4. The molecule has 0 bridgehead atoms. The number of rotatable bonds is 5. The number of para-hydroxylation sites is 1. The van der Waals surface area contributed by atoms with E-state index in [4.69, 9.17) is 9.47 Å². The molecule has 0 saturated heterocycles. The highest BCUT2D eigenvalue weighted by Crippen LogP contribution is 2.31. The van der Waals surface area contributed by atoms with E-state index in [1.165, 1.54) is 14.2 Å². The summed E-state index contributed by atoms with van der Waals surface area (Å²) in [5.41, 5.74) is -0.365. The molecule has 1 aromatic rings. The fourth-order valence-electron chi connectivity index (χ4n) is 2.79. The van der Waals surface area contributed by atoms with E-state index in [1.54, 1.807) is 18.2 Å². The van der Waals surface area contributed by atoms with Crippen molar-refractivity contribution in [1.29, 1.82) is 0 Å². The summed E-state index contributed by atoms with van der Waals surface area (Å²) in [5.74, 6) is 0.666. The average Bonchev–Trinajstić information content (AvgIpc) is 2.52. The number of benzene rings is 1. The van der Waals surface area contributed by atoms with Crippen molar-refractivity contribution in [3.63, 3.8) is 0 Å². The molecule has 0 unspecified atom stereocenters. The van der Waals surface area contributed by atoms with Gasteiger partial charge >= 0.3 is 0 Å². The molecule has 0 radical (unpaired) electrons. The average molecular weight is 293 g/mol. The number of carbonyl (C=O) groups excluding carboxylic acids is 1. The number of hydrogen-bond acceptors (Lipinski definition) is 4. The summed E-state index contributed by atoms with van der Waals surface area (Å²) in [5, 5.41) is 13.2. The molecule has 1 amide bonds. The van der Waals surface area contributed by atoms with Gasteiger partial charge in [0, 0.05) is 6.54 Å². The van der Waals surface area contributed by atoms with E-state index in [1.807, 2.05) is 0 Å². The normalized spacial score (nSPS) is 17.1. The van der Waals surface area contributed by atoms with E-state index in [0.717, 1.165) is 32.1 Å². The van der Waals surface area contributed by atoms with Gasteiger partial charge in [-0.25, -0.2) is 0 Å². The minimum absolute atomic E-state index is 0.259. The highest BCUT2D eigenvalue weighted by molar-refractivity contribution is 5.97. The predicted molar refractivity (Wildman–Crippen MR) is 79.9 cm³/mol. The molecule has 0 aromatic heterocycles. The van der Waals surface area contributed by atoms with Gasteiger partial charge in [-0.15, -0.1) is 0 Å². The smallest absolute Gasteiger partial charge is 0.255 e. The summed E-state index contributed by atoms with van der Waals surface area (Å²) in [6.07, 6.45) is 4.65. The minimum Gasteiger partial charge on any atom is -0.493 e. The standard InChI is InChI=1S/C16H23NO4/c1-20-13-8-6-7-12(14(13)21-2)15(18)17-11-16(19)9-4-3-5-10-16/h6-8,19H,3-5,9-11H2,1-2H3,(H,17,18). The molecule has 0 atom stereocenters. The van der Waals surface area contributed by atoms with Gasteiger partial charge in [0.2, 0.25) is 0 Å². The van der Waals surface area contributed by atoms with Crippen LogP contribution >= 0.6 is 0 Å². The summed E-state index contributed by atoms with van der Waals surface area (Å²) in [4.78, 5) is 12.3. The number of carbonyl (C=O) groups is 1. The summed E-state index contributed by atoms with van der Waals surface area (Å²) >= 11 is 0. The fourth-order valence-corrected chi connectivity index (χ4v) is 2.79. The molecule has 21 heavy (non-hydrogen) atoms. The Bertz CT molecular complexity index is 495. The van der Waals surface area contributed by atoms with Gasteiger partial charge in [-0.2, -0.15) is 0 Å². The molecule has 116 valence electrons. The van der Waals surface area contributed by atoms with Gasteiger partial charge in [0.15, 0.2) is 11.5 Å². The van der Waals surface area contributed by atoms with E-state index in [0.29, 0.717) is 17.1 Å². The maximum atomic E-state index is 12.3. The molecule has 1 fully saturated rings. The van der Waals surface area contributed by atoms with E-state index in [-0.39, 0.29) is 12.5 Å². The first-order chi connectivity index (χ1) is 10.1. The quantitative estimate of drug-likeness (QED) is 0.872. The highest BCUT2D eigenvalue weighted by Gasteiger charge is 2.30. The van der Waals surface area contributed by atoms with Crippen LogP contribution in [0.1, 0.15) is 42.5 Å². The van der Waals surface area contributed by atoms with Crippen molar-refractivity contribution in [3.05, 3.63) is 23.8 Å². The lowest BCUT2D eigenvalue weighted by molar-refractivity contribution is 0.00523. The van der Waals surface area contributed by atoms with Crippen LogP contribution in [-0.2, 0) is 0 Å². The molecule has 1 aromatic carbocycles. The van der Waals surface area contributed by atoms with Gasteiger partial charge in [-0.05, 0) is 25.0 Å². The summed E-state index contributed by atoms with van der Waals surface area (Å²) in [6, 6.07) is 5.16. The Hall–Kier alpha value is -1.75. The zero-order valence-corrected chi connectivity index (χ0v) is 12.6. The van der Waals surface area contributed by atoms with Crippen LogP contribution in [0.4, 0.5) is 0 Å². The van der Waals surface area contributed by atoms with E-state index in [2.05, 4.69) is 5.32 Å². The highest BCUT2D eigenvalue weighted by atomic mass is 16.5. The molecule has 0 aliphatic heterocycles. The Morgan fingerprint density at radius 2 is 1.95 bits per heavy atom. The van der Waals surface area contributed by atoms with E-state index in [9.17, 15) is 9.90 Å². The lowest BCUT2D eigenvalue weighted by Crippen LogP contribution is -2.44. The first-order valence-electron chi connectivity index (χ1n) is 7.31. The molecular weight excluding hydrogens is 270 g/mol. The minimum atomic E-state index is -0.778. The van der Waals surface area contributed by atoms with Crippen LogP contribution in [0.5, 0.6) is 11.5 Å². The van der Waals surface area contributed by atoms with Gasteiger partial charge < -0.3 is 19.9 Å². The zero-order valence-electron chi connectivity index (χ0n) is 12.6. The SMILES string of the molecule is COc1cccc(C(=O)NCC2(O)CCCCC2)c1OC. The van der Waals surface area contributed by atoms with Crippen molar-refractivity contribution in [1.82, 2.24) is 5.32 Å². The van der Waals surface area contributed by atoms with Crippen LogP contribution in [0.2, 0.25) is 0 Å². The molecule has 1 aliphatic rings. The van der Waals surface area contributed by atoms with Gasteiger partial charge in [0.1, 0.15) is 0 Å².